The molecule has 9 rings (SSSR count). The Morgan fingerprint density at radius 2 is 1.65 bits per heavy atom. The van der Waals surface area contributed by atoms with Gasteiger partial charge in [-0.3, -0.25) is 4.98 Å². The van der Waals surface area contributed by atoms with Gasteiger partial charge in [0.1, 0.15) is 4.83 Å². The number of pyridine rings is 4. The molecule has 0 N–H and O–H groups in total. The highest BCUT2D eigenvalue weighted by Crippen LogP contribution is 2.44. The van der Waals surface area contributed by atoms with Gasteiger partial charge in [-0.1, -0.05) is 32.0 Å². The van der Waals surface area contributed by atoms with Crippen molar-refractivity contribution >= 4 is 43.0 Å². The van der Waals surface area contributed by atoms with E-state index in [1.807, 2.05) is 29.3 Å². The van der Waals surface area contributed by atoms with Gasteiger partial charge in [-0.25, -0.2) is 24.3 Å². The first-order valence-corrected chi connectivity index (χ1v) is 18.0. The molecule has 1 unspecified atom stereocenters. The van der Waals surface area contributed by atoms with Gasteiger partial charge in [-0.05, 0) is 98.0 Å². The van der Waals surface area contributed by atoms with Gasteiger partial charge in [-0.2, -0.15) is 10.2 Å². The Morgan fingerprint density at radius 1 is 0.771 bits per heavy atom. The molecule has 10 heteroatoms. The zero-order valence-electron chi connectivity index (χ0n) is 26.9. The van der Waals surface area contributed by atoms with Crippen molar-refractivity contribution in [3.8, 4) is 32.8 Å². The van der Waals surface area contributed by atoms with E-state index >= 15 is 0 Å². The average Bonchev–Trinajstić information content (AvgIpc) is 3.94. The third-order valence-electron chi connectivity index (χ3n) is 9.32. The third-order valence-corrected chi connectivity index (χ3v) is 11.5. The Morgan fingerprint density at radius 3 is 2.48 bits per heavy atom. The minimum atomic E-state index is 0.290. The van der Waals surface area contributed by atoms with Crippen molar-refractivity contribution in [3.63, 3.8) is 0 Å². The number of hydrogen-bond donors (Lipinski definition) is 0. The van der Waals surface area contributed by atoms with E-state index in [2.05, 4.69) is 96.1 Å². The minimum Gasteiger partial charge on any atom is -0.263 e. The highest BCUT2D eigenvalue weighted by molar-refractivity contribution is 7.22. The number of fused-ring (bicyclic) bond motifs is 3. The Balaban J connectivity index is 1.08. The molecular formula is C38H32N8S2. The quantitative estimate of drug-likeness (QED) is 0.169. The molecule has 1 atom stereocenters. The molecule has 1 aliphatic rings. The molecule has 8 aromatic heterocycles. The molecule has 8 heterocycles. The number of hydrogen-bond acceptors (Lipinski definition) is 8. The SMILES string of the molecule is CCc1cccc(-n2nc3c(c2-c2cc4cccnc4s2)CC(c2ccc(-n4nc(CC)cc4-c4cc5ccncc5s4)nc2C)C3)n1. The first-order chi connectivity index (χ1) is 23.6. The first kappa shape index (κ1) is 29.1. The molecule has 0 aromatic carbocycles. The minimum absolute atomic E-state index is 0.290. The highest BCUT2D eigenvalue weighted by atomic mass is 32.1. The summed E-state index contributed by atoms with van der Waals surface area (Å²) >= 11 is 3.46. The summed E-state index contributed by atoms with van der Waals surface area (Å²) in [4.78, 5) is 22.5. The number of aryl methyl sites for hydroxylation is 3. The van der Waals surface area contributed by atoms with Crippen molar-refractivity contribution in [3.05, 3.63) is 119 Å². The summed E-state index contributed by atoms with van der Waals surface area (Å²) in [5.41, 5.74) is 9.01. The molecule has 8 nitrogen and oxygen atoms in total. The standard InChI is InChI=1S/C38H32N8S2/c1-4-26-9-6-10-35(42-26)46-37(33-19-24-8-7-14-40-38(24)48-33)29-16-25(17-30(29)44-46)28-11-12-36(41-22(28)3)45-31(20-27(5-2)43-45)32-18-23-13-15-39-21-34(23)47-32/h6-15,18-21,25H,4-5,16-17H2,1-3H3. The summed E-state index contributed by atoms with van der Waals surface area (Å²) in [5.74, 6) is 1.99. The van der Waals surface area contributed by atoms with Crippen LogP contribution in [0.15, 0.2) is 85.3 Å². The molecule has 0 saturated heterocycles. The van der Waals surface area contributed by atoms with Crippen molar-refractivity contribution < 1.29 is 0 Å². The maximum absolute atomic E-state index is 5.23. The van der Waals surface area contributed by atoms with E-state index in [0.29, 0.717) is 5.92 Å². The maximum Gasteiger partial charge on any atom is 0.154 e. The fourth-order valence-corrected chi connectivity index (χ4v) is 9.00. The fourth-order valence-electron chi connectivity index (χ4n) is 6.91. The highest BCUT2D eigenvalue weighted by Gasteiger charge is 2.33. The van der Waals surface area contributed by atoms with E-state index in [1.165, 1.54) is 26.1 Å². The molecule has 0 saturated carbocycles. The molecule has 8 aromatic rings. The second-order valence-electron chi connectivity index (χ2n) is 12.3. The predicted octanol–water partition coefficient (Wildman–Crippen LogP) is 8.72. The summed E-state index contributed by atoms with van der Waals surface area (Å²) in [6.07, 6.45) is 9.12. The Bertz CT molecular complexity index is 2420. The zero-order valence-corrected chi connectivity index (χ0v) is 28.5. The number of aromatic nitrogens is 8. The van der Waals surface area contributed by atoms with Crippen LogP contribution in [-0.4, -0.2) is 39.5 Å². The maximum atomic E-state index is 5.23. The molecule has 0 spiro atoms. The van der Waals surface area contributed by atoms with Crippen LogP contribution in [0.1, 0.15) is 53.7 Å². The van der Waals surface area contributed by atoms with E-state index in [0.717, 1.165) is 86.6 Å². The van der Waals surface area contributed by atoms with Gasteiger partial charge in [0.2, 0.25) is 0 Å². The van der Waals surface area contributed by atoms with Crippen molar-refractivity contribution in [2.75, 3.05) is 0 Å². The van der Waals surface area contributed by atoms with E-state index in [4.69, 9.17) is 20.2 Å². The largest absolute Gasteiger partial charge is 0.263 e. The lowest BCUT2D eigenvalue weighted by Crippen LogP contribution is -2.09. The summed E-state index contributed by atoms with van der Waals surface area (Å²) in [7, 11) is 0. The van der Waals surface area contributed by atoms with Crippen molar-refractivity contribution in [1.82, 2.24) is 39.5 Å². The van der Waals surface area contributed by atoms with E-state index in [9.17, 15) is 0 Å². The van der Waals surface area contributed by atoms with E-state index < -0.39 is 0 Å². The van der Waals surface area contributed by atoms with Crippen LogP contribution < -0.4 is 0 Å². The predicted molar refractivity (Wildman–Crippen MR) is 194 cm³/mol. The third kappa shape index (κ3) is 4.86. The molecular weight excluding hydrogens is 633 g/mol. The first-order valence-electron chi connectivity index (χ1n) is 16.4. The van der Waals surface area contributed by atoms with Crippen LogP contribution in [0.2, 0.25) is 0 Å². The number of thiophene rings is 2. The molecule has 48 heavy (non-hydrogen) atoms. The van der Waals surface area contributed by atoms with Crippen molar-refractivity contribution in [2.24, 2.45) is 0 Å². The second kappa shape index (κ2) is 11.6. The molecule has 0 radical (unpaired) electrons. The van der Waals surface area contributed by atoms with Gasteiger partial charge >= 0.3 is 0 Å². The number of rotatable bonds is 7. The van der Waals surface area contributed by atoms with Gasteiger partial charge in [0.15, 0.2) is 11.6 Å². The molecule has 1 aliphatic carbocycles. The second-order valence-corrected chi connectivity index (χ2v) is 14.4. The summed E-state index contributed by atoms with van der Waals surface area (Å²) in [6.45, 7) is 6.41. The fraction of sp³-hybridized carbons (Fsp3) is 0.211. The Kier molecular flexibility index (Phi) is 7.02. The molecule has 0 aliphatic heterocycles. The van der Waals surface area contributed by atoms with Crippen LogP contribution >= 0.6 is 22.7 Å². The summed E-state index contributed by atoms with van der Waals surface area (Å²) in [5, 5.41) is 12.5. The average molecular weight is 665 g/mol. The summed E-state index contributed by atoms with van der Waals surface area (Å²) < 4.78 is 5.24. The van der Waals surface area contributed by atoms with Gasteiger partial charge in [0.25, 0.3) is 0 Å². The molecule has 0 amide bonds. The van der Waals surface area contributed by atoms with Gasteiger partial charge in [0.05, 0.1) is 37.2 Å². The van der Waals surface area contributed by atoms with Crippen molar-refractivity contribution in [1.29, 1.82) is 0 Å². The summed E-state index contributed by atoms with van der Waals surface area (Å²) in [6, 6.07) is 23.4. The van der Waals surface area contributed by atoms with Crippen LogP contribution in [0.4, 0.5) is 0 Å². The Labute approximate surface area is 285 Å². The van der Waals surface area contributed by atoms with E-state index in [1.54, 1.807) is 22.7 Å². The Hall–Kier alpha value is -5.06. The monoisotopic (exact) mass is 664 g/mol. The molecule has 236 valence electrons. The smallest absolute Gasteiger partial charge is 0.154 e. The van der Waals surface area contributed by atoms with Crippen LogP contribution in [0.25, 0.3) is 53.1 Å². The van der Waals surface area contributed by atoms with Gasteiger partial charge in [0, 0.05) is 40.9 Å². The zero-order chi connectivity index (χ0) is 32.4. The van der Waals surface area contributed by atoms with Crippen LogP contribution in [-0.2, 0) is 25.7 Å². The van der Waals surface area contributed by atoms with Gasteiger partial charge in [-0.15, -0.1) is 22.7 Å². The van der Waals surface area contributed by atoms with Crippen LogP contribution in [0, 0.1) is 6.92 Å². The normalized spacial score (nSPS) is 14.4. The van der Waals surface area contributed by atoms with E-state index in [-0.39, 0.29) is 0 Å². The number of nitrogens with zero attached hydrogens (tertiary/aromatic N) is 8. The lowest BCUT2D eigenvalue weighted by Gasteiger charge is -2.16. The van der Waals surface area contributed by atoms with Crippen LogP contribution in [0.5, 0.6) is 0 Å². The van der Waals surface area contributed by atoms with Gasteiger partial charge < -0.3 is 0 Å². The lowest BCUT2D eigenvalue weighted by molar-refractivity contribution is 0.694. The lowest BCUT2D eigenvalue weighted by atomic mass is 9.95. The van der Waals surface area contributed by atoms with Crippen LogP contribution in [0.3, 0.4) is 0 Å². The topological polar surface area (TPSA) is 87.2 Å². The molecule has 0 bridgehead atoms. The van der Waals surface area contributed by atoms with Crippen molar-refractivity contribution in [2.45, 2.75) is 52.4 Å². The molecule has 0 fully saturated rings.